The van der Waals surface area contributed by atoms with Gasteiger partial charge in [-0.3, -0.25) is 9.69 Å². The van der Waals surface area contributed by atoms with Crippen LogP contribution in [0, 0.1) is 5.92 Å². The van der Waals surface area contributed by atoms with Crippen LogP contribution in [0.15, 0.2) is 12.4 Å². The van der Waals surface area contributed by atoms with Crippen LogP contribution in [0.2, 0.25) is 0 Å². The number of nitrogens with one attached hydrogen (secondary N) is 1. The summed E-state index contributed by atoms with van der Waals surface area (Å²) in [6.45, 7) is 6.45. The standard InChI is InChI=1S/C18H29N5O2/c1-14(24)19-11-16-5-8-22(13-17(16)25)12-15-9-20-18(21-10-15)23-6-3-2-4-7-23/h9-10,16-17,25H,2-8,11-13H2,1H3,(H,19,24)/t16-,17+/m0/s1. The van der Waals surface area contributed by atoms with E-state index in [4.69, 9.17) is 0 Å². The molecule has 0 spiro atoms. The Morgan fingerprint density at radius 2 is 1.96 bits per heavy atom. The summed E-state index contributed by atoms with van der Waals surface area (Å²) in [7, 11) is 0. The van der Waals surface area contributed by atoms with Crippen LogP contribution in [0.3, 0.4) is 0 Å². The minimum atomic E-state index is -0.408. The third-order valence-electron chi connectivity index (χ3n) is 5.16. The number of aromatic nitrogens is 2. The van der Waals surface area contributed by atoms with E-state index in [2.05, 4.69) is 25.1 Å². The number of likely N-dealkylation sites (tertiary alicyclic amines) is 1. The summed E-state index contributed by atoms with van der Waals surface area (Å²) in [4.78, 5) is 24.6. The number of nitrogens with zero attached hydrogens (tertiary/aromatic N) is 4. The van der Waals surface area contributed by atoms with E-state index >= 15 is 0 Å². The van der Waals surface area contributed by atoms with Crippen molar-refractivity contribution in [2.75, 3.05) is 37.6 Å². The van der Waals surface area contributed by atoms with Crippen molar-refractivity contribution in [2.45, 2.75) is 45.3 Å². The maximum Gasteiger partial charge on any atom is 0.225 e. The average Bonchev–Trinajstić information content (AvgIpc) is 2.62. The summed E-state index contributed by atoms with van der Waals surface area (Å²) >= 11 is 0. The summed E-state index contributed by atoms with van der Waals surface area (Å²) in [5.41, 5.74) is 1.08. The molecule has 0 aromatic carbocycles. The van der Waals surface area contributed by atoms with Crippen molar-refractivity contribution < 1.29 is 9.90 Å². The minimum Gasteiger partial charge on any atom is -0.391 e. The smallest absolute Gasteiger partial charge is 0.225 e. The van der Waals surface area contributed by atoms with Gasteiger partial charge in [0.05, 0.1) is 6.10 Å². The van der Waals surface area contributed by atoms with Gasteiger partial charge in [-0.25, -0.2) is 9.97 Å². The first-order valence-electron chi connectivity index (χ1n) is 9.32. The lowest BCUT2D eigenvalue weighted by molar-refractivity contribution is -0.119. The van der Waals surface area contributed by atoms with Crippen LogP contribution >= 0.6 is 0 Å². The number of β-amino-alcohol motifs (C(OH)–C–C–N with tert-alkyl or cyclic N) is 1. The lowest BCUT2D eigenvalue weighted by atomic mass is 9.93. The van der Waals surface area contributed by atoms with E-state index in [1.165, 1.54) is 26.2 Å². The topological polar surface area (TPSA) is 81.6 Å². The molecule has 7 heteroatoms. The van der Waals surface area contributed by atoms with Gasteiger partial charge in [-0.15, -0.1) is 0 Å². The predicted molar refractivity (Wildman–Crippen MR) is 96.2 cm³/mol. The Morgan fingerprint density at radius 1 is 1.24 bits per heavy atom. The Balaban J connectivity index is 1.48. The molecule has 138 valence electrons. The number of aliphatic hydroxyl groups is 1. The van der Waals surface area contributed by atoms with Crippen LogP contribution in [0.5, 0.6) is 0 Å². The van der Waals surface area contributed by atoms with Gasteiger partial charge >= 0.3 is 0 Å². The van der Waals surface area contributed by atoms with Gasteiger partial charge in [-0.05, 0) is 32.2 Å². The first kappa shape index (κ1) is 18.1. The van der Waals surface area contributed by atoms with Crippen LogP contribution < -0.4 is 10.2 Å². The quantitative estimate of drug-likeness (QED) is 0.819. The number of hydrogen-bond acceptors (Lipinski definition) is 6. The lowest BCUT2D eigenvalue weighted by Crippen LogP contribution is -2.47. The molecular formula is C18H29N5O2. The van der Waals surface area contributed by atoms with E-state index < -0.39 is 6.10 Å². The van der Waals surface area contributed by atoms with Crippen LogP contribution in [0.4, 0.5) is 5.95 Å². The van der Waals surface area contributed by atoms with Gasteiger partial charge in [0.2, 0.25) is 11.9 Å². The molecule has 0 bridgehead atoms. The van der Waals surface area contributed by atoms with E-state index in [1.54, 1.807) is 0 Å². The maximum absolute atomic E-state index is 11.0. The Kier molecular flexibility index (Phi) is 6.20. The van der Waals surface area contributed by atoms with Crippen LogP contribution in [0.25, 0.3) is 0 Å². The Bertz CT molecular complexity index is 559. The number of piperidine rings is 2. The molecule has 2 fully saturated rings. The SMILES string of the molecule is CC(=O)NC[C@@H]1CCN(Cc2cnc(N3CCCCC3)nc2)C[C@H]1O. The van der Waals surface area contributed by atoms with Gasteiger partial charge < -0.3 is 15.3 Å². The highest BCUT2D eigenvalue weighted by molar-refractivity contribution is 5.72. The monoisotopic (exact) mass is 347 g/mol. The van der Waals surface area contributed by atoms with E-state index in [1.807, 2.05) is 12.4 Å². The van der Waals surface area contributed by atoms with Gasteiger partial charge in [-0.2, -0.15) is 0 Å². The molecule has 2 atom stereocenters. The molecule has 3 heterocycles. The zero-order chi connectivity index (χ0) is 17.6. The molecule has 0 saturated carbocycles. The summed E-state index contributed by atoms with van der Waals surface area (Å²) in [5, 5.41) is 13.1. The van der Waals surface area contributed by atoms with Crippen molar-refractivity contribution >= 4 is 11.9 Å². The number of carbonyl (C=O) groups is 1. The number of anilines is 1. The van der Waals surface area contributed by atoms with Crippen molar-refractivity contribution in [1.29, 1.82) is 0 Å². The molecule has 0 radical (unpaired) electrons. The molecule has 3 rings (SSSR count). The second kappa shape index (κ2) is 8.58. The van der Waals surface area contributed by atoms with Crippen molar-refractivity contribution in [3.8, 4) is 0 Å². The first-order chi connectivity index (χ1) is 12.1. The van der Waals surface area contributed by atoms with Crippen LogP contribution in [-0.2, 0) is 11.3 Å². The second-order valence-electron chi connectivity index (χ2n) is 7.23. The molecule has 1 aromatic rings. The number of hydrogen-bond donors (Lipinski definition) is 2. The number of aliphatic hydroxyl groups excluding tert-OH is 1. The van der Waals surface area contributed by atoms with Gasteiger partial charge in [-0.1, -0.05) is 0 Å². The fraction of sp³-hybridized carbons (Fsp3) is 0.722. The third kappa shape index (κ3) is 5.12. The van der Waals surface area contributed by atoms with Crippen LogP contribution in [0.1, 0.15) is 38.2 Å². The molecule has 2 aliphatic rings. The summed E-state index contributed by atoms with van der Waals surface area (Å²) in [5.74, 6) is 0.927. The van der Waals surface area contributed by atoms with Crippen molar-refractivity contribution in [2.24, 2.45) is 5.92 Å². The Morgan fingerprint density at radius 3 is 2.60 bits per heavy atom. The summed E-state index contributed by atoms with van der Waals surface area (Å²) < 4.78 is 0. The molecule has 2 N–H and O–H groups in total. The molecule has 1 aromatic heterocycles. The highest BCUT2D eigenvalue weighted by Gasteiger charge is 2.27. The second-order valence-corrected chi connectivity index (χ2v) is 7.23. The highest BCUT2D eigenvalue weighted by Crippen LogP contribution is 2.20. The van der Waals surface area contributed by atoms with E-state index in [-0.39, 0.29) is 11.8 Å². The fourth-order valence-corrected chi connectivity index (χ4v) is 3.65. The average molecular weight is 347 g/mol. The molecule has 2 saturated heterocycles. The Hall–Kier alpha value is -1.73. The molecule has 1 amide bonds. The van der Waals surface area contributed by atoms with Gasteiger partial charge in [0.15, 0.2) is 0 Å². The maximum atomic E-state index is 11.0. The van der Waals surface area contributed by atoms with Crippen molar-refractivity contribution in [3.05, 3.63) is 18.0 Å². The molecule has 25 heavy (non-hydrogen) atoms. The predicted octanol–water partition coefficient (Wildman–Crippen LogP) is 0.786. The van der Waals surface area contributed by atoms with E-state index in [9.17, 15) is 9.90 Å². The highest BCUT2D eigenvalue weighted by atomic mass is 16.3. The first-order valence-corrected chi connectivity index (χ1v) is 9.32. The number of amides is 1. The zero-order valence-corrected chi connectivity index (χ0v) is 15.0. The third-order valence-corrected chi connectivity index (χ3v) is 5.16. The number of rotatable bonds is 5. The zero-order valence-electron chi connectivity index (χ0n) is 15.0. The van der Waals surface area contributed by atoms with Gasteiger partial charge in [0.25, 0.3) is 0 Å². The van der Waals surface area contributed by atoms with Crippen LogP contribution in [-0.4, -0.2) is 64.7 Å². The summed E-state index contributed by atoms with van der Waals surface area (Å²) in [6.07, 6.45) is 8.03. The molecule has 7 nitrogen and oxygen atoms in total. The molecule has 2 aliphatic heterocycles. The van der Waals surface area contributed by atoms with Crippen molar-refractivity contribution in [3.63, 3.8) is 0 Å². The van der Waals surface area contributed by atoms with E-state index in [0.29, 0.717) is 13.1 Å². The number of carbonyl (C=O) groups excluding carboxylic acids is 1. The normalized spacial score (nSPS) is 25.0. The molecule has 0 aliphatic carbocycles. The summed E-state index contributed by atoms with van der Waals surface area (Å²) in [6, 6.07) is 0. The van der Waals surface area contributed by atoms with Crippen molar-refractivity contribution in [1.82, 2.24) is 20.2 Å². The van der Waals surface area contributed by atoms with E-state index in [0.717, 1.165) is 44.1 Å². The molecular weight excluding hydrogens is 318 g/mol. The molecule has 0 unspecified atom stereocenters. The lowest BCUT2D eigenvalue weighted by Gasteiger charge is -2.36. The fourth-order valence-electron chi connectivity index (χ4n) is 3.65. The van der Waals surface area contributed by atoms with Gasteiger partial charge in [0.1, 0.15) is 0 Å². The van der Waals surface area contributed by atoms with Gasteiger partial charge in [0, 0.05) is 63.5 Å². The largest absolute Gasteiger partial charge is 0.391 e. The Labute approximate surface area is 149 Å². The minimum absolute atomic E-state index is 0.0411.